The summed E-state index contributed by atoms with van der Waals surface area (Å²) >= 11 is 0. The molecule has 0 aliphatic carbocycles. The summed E-state index contributed by atoms with van der Waals surface area (Å²) in [6.07, 6.45) is -3.50. The lowest BCUT2D eigenvalue weighted by atomic mass is 9.93. The zero-order valence-electron chi connectivity index (χ0n) is 22.0. The standard InChI is InChI=1S/C28H28F3N3O6/c1-17(38-2)15-33-14-4-5-23(26(33)36)34-16-22(18-6-10-20(39-3)11-7-18)24(27(34)37)32-25(35)19-8-12-21(13-9-19)40-28(29,30)31/h4-14,17,22,24H,15-16H2,1-3H3,(H,32,35)/t17?,22-,24?/m0/s1. The topological polar surface area (TPSA) is 99.1 Å². The Labute approximate surface area is 228 Å². The van der Waals surface area contributed by atoms with Gasteiger partial charge in [0, 0.05) is 31.3 Å². The third-order valence-corrected chi connectivity index (χ3v) is 6.64. The number of aromatic nitrogens is 1. The fraction of sp³-hybridized carbons (Fsp3) is 0.321. The van der Waals surface area contributed by atoms with E-state index in [0.29, 0.717) is 5.75 Å². The molecule has 212 valence electrons. The molecule has 1 aliphatic heterocycles. The molecule has 0 saturated carbocycles. The lowest BCUT2D eigenvalue weighted by Gasteiger charge is -2.19. The lowest BCUT2D eigenvalue weighted by molar-refractivity contribution is -0.274. The third kappa shape index (κ3) is 6.45. The fourth-order valence-corrected chi connectivity index (χ4v) is 4.52. The molecule has 2 aromatic carbocycles. The molecular formula is C28H28F3N3O6. The van der Waals surface area contributed by atoms with Crippen molar-refractivity contribution in [3.63, 3.8) is 0 Å². The average molecular weight is 560 g/mol. The summed E-state index contributed by atoms with van der Waals surface area (Å²) in [6, 6.07) is 13.5. The molecule has 3 aromatic rings. The molecular weight excluding hydrogens is 531 g/mol. The number of amides is 2. The van der Waals surface area contributed by atoms with E-state index in [4.69, 9.17) is 9.47 Å². The number of rotatable bonds is 9. The number of carbonyl (C=O) groups excluding carboxylic acids is 2. The minimum Gasteiger partial charge on any atom is -0.497 e. The number of nitrogens with zero attached hydrogens (tertiary/aromatic N) is 2. The van der Waals surface area contributed by atoms with Crippen LogP contribution in [0.5, 0.6) is 11.5 Å². The van der Waals surface area contributed by atoms with Gasteiger partial charge in [0.2, 0.25) is 5.91 Å². The maximum atomic E-state index is 13.7. The van der Waals surface area contributed by atoms with Gasteiger partial charge in [-0.05, 0) is 61.0 Å². The van der Waals surface area contributed by atoms with E-state index in [9.17, 15) is 27.6 Å². The Kier molecular flexibility index (Phi) is 8.48. The van der Waals surface area contributed by atoms with Gasteiger partial charge in [0.05, 0.1) is 19.8 Å². The quantitative estimate of drug-likeness (QED) is 0.429. The fourth-order valence-electron chi connectivity index (χ4n) is 4.52. The third-order valence-electron chi connectivity index (χ3n) is 6.64. The number of pyridine rings is 1. The second-order valence-corrected chi connectivity index (χ2v) is 9.25. The number of halogens is 3. The van der Waals surface area contributed by atoms with Crippen molar-refractivity contribution in [3.8, 4) is 11.5 Å². The summed E-state index contributed by atoms with van der Waals surface area (Å²) < 4.78 is 53.3. The first-order chi connectivity index (χ1) is 19.0. The van der Waals surface area contributed by atoms with E-state index in [1.54, 1.807) is 42.6 Å². The van der Waals surface area contributed by atoms with Gasteiger partial charge in [-0.3, -0.25) is 14.4 Å². The van der Waals surface area contributed by atoms with Gasteiger partial charge in [0.15, 0.2) is 0 Å². The Balaban J connectivity index is 1.64. The summed E-state index contributed by atoms with van der Waals surface area (Å²) in [5.74, 6) is -1.59. The van der Waals surface area contributed by atoms with Crippen LogP contribution in [0.25, 0.3) is 0 Å². The van der Waals surface area contributed by atoms with Crippen molar-refractivity contribution in [3.05, 3.63) is 88.3 Å². The van der Waals surface area contributed by atoms with Crippen LogP contribution in [0.2, 0.25) is 0 Å². The molecule has 1 N–H and O–H groups in total. The predicted molar refractivity (Wildman–Crippen MR) is 140 cm³/mol. The van der Waals surface area contributed by atoms with E-state index in [1.807, 2.05) is 6.92 Å². The first-order valence-electron chi connectivity index (χ1n) is 12.3. The number of nitrogens with one attached hydrogen (secondary N) is 1. The van der Waals surface area contributed by atoms with Crippen molar-refractivity contribution in [2.75, 3.05) is 25.7 Å². The van der Waals surface area contributed by atoms with Gasteiger partial charge in [-0.15, -0.1) is 13.2 Å². The first kappa shape index (κ1) is 28.7. The molecule has 40 heavy (non-hydrogen) atoms. The molecule has 3 atom stereocenters. The number of benzene rings is 2. The van der Waals surface area contributed by atoms with Crippen LogP contribution >= 0.6 is 0 Å². The smallest absolute Gasteiger partial charge is 0.497 e. The largest absolute Gasteiger partial charge is 0.573 e. The molecule has 4 rings (SSSR count). The molecule has 0 bridgehead atoms. The molecule has 9 nitrogen and oxygen atoms in total. The van der Waals surface area contributed by atoms with Crippen LogP contribution in [-0.4, -0.2) is 55.7 Å². The van der Waals surface area contributed by atoms with Gasteiger partial charge in [-0.1, -0.05) is 12.1 Å². The van der Waals surface area contributed by atoms with Gasteiger partial charge >= 0.3 is 6.36 Å². The molecule has 1 saturated heterocycles. The van der Waals surface area contributed by atoms with E-state index < -0.39 is 35.9 Å². The predicted octanol–water partition coefficient (Wildman–Crippen LogP) is 3.72. The lowest BCUT2D eigenvalue weighted by Crippen LogP contribution is -2.44. The van der Waals surface area contributed by atoms with Gasteiger partial charge in [-0.2, -0.15) is 0 Å². The Hall–Kier alpha value is -4.32. The van der Waals surface area contributed by atoms with Crippen molar-refractivity contribution in [2.24, 2.45) is 0 Å². The Morgan fingerprint density at radius 1 is 1.02 bits per heavy atom. The molecule has 0 radical (unpaired) electrons. The van der Waals surface area contributed by atoms with Crippen LogP contribution in [0.4, 0.5) is 18.9 Å². The monoisotopic (exact) mass is 559 g/mol. The van der Waals surface area contributed by atoms with Crippen LogP contribution in [0.15, 0.2) is 71.7 Å². The van der Waals surface area contributed by atoms with Gasteiger partial charge in [0.25, 0.3) is 11.5 Å². The second-order valence-electron chi connectivity index (χ2n) is 9.25. The molecule has 1 fully saturated rings. The highest BCUT2D eigenvalue weighted by atomic mass is 19.4. The van der Waals surface area contributed by atoms with Crippen molar-refractivity contribution in [2.45, 2.75) is 37.9 Å². The highest BCUT2D eigenvalue weighted by molar-refractivity contribution is 6.05. The number of ether oxygens (including phenoxy) is 3. The first-order valence-corrected chi connectivity index (χ1v) is 12.3. The van der Waals surface area contributed by atoms with Gasteiger partial charge in [0.1, 0.15) is 23.2 Å². The molecule has 2 amide bonds. The zero-order chi connectivity index (χ0) is 29.0. The maximum absolute atomic E-state index is 13.7. The number of methoxy groups -OCH3 is 2. The molecule has 2 unspecified atom stereocenters. The van der Waals surface area contributed by atoms with E-state index in [0.717, 1.165) is 17.7 Å². The minimum atomic E-state index is -4.87. The minimum absolute atomic E-state index is 0.0323. The summed E-state index contributed by atoms with van der Waals surface area (Å²) in [5.41, 5.74) is 0.519. The van der Waals surface area contributed by atoms with E-state index in [1.165, 1.54) is 35.8 Å². The number of alkyl halides is 3. The SMILES string of the molecule is COc1ccc([C@@H]2CN(c3cccn(CC(C)OC)c3=O)C(=O)C2NC(=O)c2ccc(OC(F)(F)F)cc2)cc1. The summed E-state index contributed by atoms with van der Waals surface area (Å²) in [7, 11) is 3.06. The van der Waals surface area contributed by atoms with E-state index in [2.05, 4.69) is 10.1 Å². The summed E-state index contributed by atoms with van der Waals surface area (Å²) in [4.78, 5) is 41.4. The van der Waals surface area contributed by atoms with E-state index in [-0.39, 0.29) is 36.0 Å². The maximum Gasteiger partial charge on any atom is 0.573 e. The van der Waals surface area contributed by atoms with Crippen molar-refractivity contribution >= 4 is 17.5 Å². The highest BCUT2D eigenvalue weighted by Crippen LogP contribution is 2.32. The van der Waals surface area contributed by atoms with Crippen LogP contribution in [0.1, 0.15) is 28.8 Å². The van der Waals surface area contributed by atoms with Crippen molar-refractivity contribution in [1.29, 1.82) is 0 Å². The van der Waals surface area contributed by atoms with Gasteiger partial charge in [-0.25, -0.2) is 0 Å². The molecule has 1 aliphatic rings. The molecule has 1 aromatic heterocycles. The number of hydrogen-bond acceptors (Lipinski definition) is 6. The number of hydrogen-bond donors (Lipinski definition) is 1. The zero-order valence-corrected chi connectivity index (χ0v) is 22.0. The van der Waals surface area contributed by atoms with Crippen LogP contribution in [0, 0.1) is 0 Å². The van der Waals surface area contributed by atoms with Crippen molar-refractivity contribution < 1.29 is 37.0 Å². The van der Waals surface area contributed by atoms with Crippen LogP contribution < -0.4 is 25.2 Å². The Morgan fingerprint density at radius 3 is 2.27 bits per heavy atom. The Morgan fingerprint density at radius 2 is 1.68 bits per heavy atom. The van der Waals surface area contributed by atoms with Crippen LogP contribution in [0.3, 0.4) is 0 Å². The number of anilines is 1. The summed E-state index contributed by atoms with van der Waals surface area (Å²) in [6.45, 7) is 2.20. The van der Waals surface area contributed by atoms with E-state index >= 15 is 0 Å². The highest BCUT2D eigenvalue weighted by Gasteiger charge is 2.43. The molecule has 2 heterocycles. The molecule has 12 heteroatoms. The number of carbonyl (C=O) groups is 2. The van der Waals surface area contributed by atoms with Crippen molar-refractivity contribution in [1.82, 2.24) is 9.88 Å². The Bertz CT molecular complexity index is 1410. The molecule has 0 spiro atoms. The van der Waals surface area contributed by atoms with Crippen LogP contribution in [-0.2, 0) is 16.1 Å². The summed E-state index contributed by atoms with van der Waals surface area (Å²) in [5, 5.41) is 2.71. The second kappa shape index (κ2) is 11.8. The normalized spacial score (nSPS) is 17.9. The average Bonchev–Trinajstić information content (AvgIpc) is 3.24. The van der Waals surface area contributed by atoms with Gasteiger partial charge < -0.3 is 29.0 Å².